The molecule has 0 unspecified atom stereocenters. The fourth-order valence-electron chi connectivity index (χ4n) is 6.01. The summed E-state index contributed by atoms with van der Waals surface area (Å²) >= 11 is 1.64. The third-order valence-corrected chi connectivity index (χ3v) is 9.43. The zero-order chi connectivity index (χ0) is 31.6. The van der Waals surface area contributed by atoms with Crippen molar-refractivity contribution in [1.29, 1.82) is 0 Å². The number of anilines is 2. The van der Waals surface area contributed by atoms with Crippen LogP contribution in [-0.4, -0.2) is 40.6 Å². The first-order chi connectivity index (χ1) is 22.5. The van der Waals surface area contributed by atoms with Gasteiger partial charge in [0, 0.05) is 69.0 Å². The number of benzene rings is 3. The van der Waals surface area contributed by atoms with Crippen molar-refractivity contribution in [3.63, 3.8) is 0 Å². The Morgan fingerprint density at radius 1 is 1.11 bits per heavy atom. The van der Waals surface area contributed by atoms with Gasteiger partial charge in [-0.05, 0) is 59.8 Å². The van der Waals surface area contributed by atoms with E-state index in [1.165, 1.54) is 16.5 Å². The number of pyridine rings is 1. The molecular weight excluding hydrogens is 593 g/mol. The van der Waals surface area contributed by atoms with Crippen molar-refractivity contribution in [3.8, 4) is 16.9 Å². The van der Waals surface area contributed by atoms with E-state index < -0.39 is 0 Å². The van der Waals surface area contributed by atoms with E-state index in [4.69, 9.17) is 10.5 Å². The lowest BCUT2D eigenvalue weighted by molar-refractivity contribution is 0.101. The second kappa shape index (κ2) is 12.5. The van der Waals surface area contributed by atoms with Gasteiger partial charge in [-0.25, -0.2) is 4.98 Å². The molecule has 4 heterocycles. The first-order valence-electron chi connectivity index (χ1n) is 15.1. The van der Waals surface area contributed by atoms with Gasteiger partial charge in [0.25, 0.3) is 5.91 Å². The maximum absolute atomic E-state index is 13.3. The maximum atomic E-state index is 13.3. The van der Waals surface area contributed by atoms with Crippen LogP contribution in [0, 0.1) is 0 Å². The number of ether oxygens (including phenoxy) is 1. The van der Waals surface area contributed by atoms with Gasteiger partial charge < -0.3 is 30.7 Å². The van der Waals surface area contributed by atoms with Crippen LogP contribution in [0.1, 0.15) is 21.6 Å². The molecule has 3 aromatic carbocycles. The Labute approximate surface area is 270 Å². The van der Waals surface area contributed by atoms with E-state index in [0.717, 1.165) is 57.2 Å². The Hall–Kier alpha value is -5.38. The topological polar surface area (TPSA) is 110 Å². The third kappa shape index (κ3) is 5.51. The van der Waals surface area contributed by atoms with Crippen LogP contribution in [0.5, 0.6) is 5.75 Å². The molecule has 4 aromatic heterocycles. The lowest BCUT2D eigenvalue weighted by Gasteiger charge is -2.13. The lowest BCUT2D eigenvalue weighted by atomic mass is 10.0. The number of nitrogen functional groups attached to an aromatic ring is 1. The number of aromatic amines is 1. The van der Waals surface area contributed by atoms with Crippen LogP contribution in [0.25, 0.3) is 49.1 Å². The fourth-order valence-corrected chi connectivity index (χ4v) is 7.08. The molecule has 1 amide bonds. The molecule has 0 radical (unpaired) electrons. The van der Waals surface area contributed by atoms with Gasteiger partial charge in [-0.2, -0.15) is 0 Å². The molecule has 0 bridgehead atoms. The van der Waals surface area contributed by atoms with Crippen molar-refractivity contribution in [2.45, 2.75) is 6.42 Å². The van der Waals surface area contributed by atoms with Crippen LogP contribution in [0.4, 0.5) is 11.5 Å². The number of nitrogens with one attached hydrogen (secondary N) is 3. The Morgan fingerprint density at radius 3 is 2.83 bits per heavy atom. The van der Waals surface area contributed by atoms with Crippen molar-refractivity contribution in [1.82, 2.24) is 19.9 Å². The molecule has 8 nitrogen and oxygen atoms in total. The standard InChI is InChI=1S/C37H34N6O2S/c1-43-31-12-6-3-8-24(31)18-32(43)37(44)42-30-14-13-23(19-33(30)45-2)28-22-46-35-26(21-41-36(38)34(28)35)9-7-16-39-17-15-25-20-40-29-11-5-4-10-27(25)29/h3-14,18-22,39-40H,15-17H2,1-2H3,(H2,38,41)(H,42,44)/b9-7+. The molecule has 0 fully saturated rings. The van der Waals surface area contributed by atoms with E-state index in [1.807, 2.05) is 72.4 Å². The molecule has 0 atom stereocenters. The highest BCUT2D eigenvalue weighted by molar-refractivity contribution is 7.18. The minimum atomic E-state index is -0.205. The minimum Gasteiger partial charge on any atom is -0.495 e. The van der Waals surface area contributed by atoms with E-state index in [9.17, 15) is 4.79 Å². The molecule has 230 valence electrons. The van der Waals surface area contributed by atoms with Crippen LogP contribution in [0.2, 0.25) is 0 Å². The van der Waals surface area contributed by atoms with Crippen molar-refractivity contribution < 1.29 is 9.53 Å². The first-order valence-corrected chi connectivity index (χ1v) is 16.0. The van der Waals surface area contributed by atoms with Gasteiger partial charge in [0.2, 0.25) is 0 Å². The molecule has 0 aliphatic heterocycles. The summed E-state index contributed by atoms with van der Waals surface area (Å²) in [5.41, 5.74) is 14.0. The summed E-state index contributed by atoms with van der Waals surface area (Å²) in [6, 6.07) is 24.0. The van der Waals surface area contributed by atoms with E-state index in [0.29, 0.717) is 22.9 Å². The number of thiophene rings is 1. The van der Waals surface area contributed by atoms with Crippen LogP contribution >= 0.6 is 11.3 Å². The number of nitrogens with zero attached hydrogens (tertiary/aromatic N) is 2. The number of nitrogens with two attached hydrogens (primary N) is 1. The summed E-state index contributed by atoms with van der Waals surface area (Å²) in [6.45, 7) is 1.63. The van der Waals surface area contributed by atoms with Crippen molar-refractivity contribution >= 4 is 66.7 Å². The average molecular weight is 627 g/mol. The highest BCUT2D eigenvalue weighted by Crippen LogP contribution is 2.41. The molecule has 0 spiro atoms. The molecule has 7 aromatic rings. The number of rotatable bonds is 10. The summed E-state index contributed by atoms with van der Waals surface area (Å²) in [7, 11) is 3.49. The molecule has 5 N–H and O–H groups in total. The predicted molar refractivity (Wildman–Crippen MR) is 191 cm³/mol. The predicted octanol–water partition coefficient (Wildman–Crippen LogP) is 7.62. The number of hydrogen-bond donors (Lipinski definition) is 4. The number of methoxy groups -OCH3 is 1. The Bertz CT molecular complexity index is 2240. The van der Waals surface area contributed by atoms with Crippen molar-refractivity contribution in [2.24, 2.45) is 7.05 Å². The van der Waals surface area contributed by atoms with Gasteiger partial charge in [-0.15, -0.1) is 11.3 Å². The number of aromatic nitrogens is 3. The third-order valence-electron chi connectivity index (χ3n) is 8.40. The van der Waals surface area contributed by atoms with E-state index >= 15 is 0 Å². The van der Waals surface area contributed by atoms with Gasteiger partial charge >= 0.3 is 0 Å². The minimum absolute atomic E-state index is 0.205. The smallest absolute Gasteiger partial charge is 0.272 e. The SMILES string of the molecule is COc1cc(-c2csc3c(/C=C/CNCCc4c[nH]c5ccccc45)cnc(N)c23)ccc1NC(=O)c1cc2ccccc2n1C. The summed E-state index contributed by atoms with van der Waals surface area (Å²) in [4.78, 5) is 21.1. The normalized spacial score (nSPS) is 11.7. The van der Waals surface area contributed by atoms with Gasteiger partial charge in [-0.3, -0.25) is 4.79 Å². The Balaban J connectivity index is 1.06. The molecule has 0 saturated carbocycles. The van der Waals surface area contributed by atoms with E-state index in [1.54, 1.807) is 18.4 Å². The number of fused-ring (bicyclic) bond motifs is 3. The highest BCUT2D eigenvalue weighted by atomic mass is 32.1. The Morgan fingerprint density at radius 2 is 1.96 bits per heavy atom. The number of carbonyl (C=O) groups is 1. The fraction of sp³-hybridized carbons (Fsp3) is 0.135. The molecule has 0 saturated heterocycles. The van der Waals surface area contributed by atoms with Gasteiger partial charge in [0.15, 0.2) is 0 Å². The van der Waals surface area contributed by atoms with Crippen LogP contribution in [-0.2, 0) is 13.5 Å². The highest BCUT2D eigenvalue weighted by Gasteiger charge is 2.18. The number of hydrogen-bond acceptors (Lipinski definition) is 6. The van der Waals surface area contributed by atoms with Crippen LogP contribution < -0.4 is 21.1 Å². The number of H-pyrrole nitrogens is 1. The van der Waals surface area contributed by atoms with Crippen LogP contribution in [0.15, 0.2) is 96.6 Å². The quantitative estimate of drug-likeness (QED) is 0.117. The molecule has 9 heteroatoms. The molecule has 0 aliphatic carbocycles. The first kappa shape index (κ1) is 29.3. The van der Waals surface area contributed by atoms with Gasteiger partial charge in [-0.1, -0.05) is 54.6 Å². The largest absolute Gasteiger partial charge is 0.495 e. The van der Waals surface area contributed by atoms with Crippen molar-refractivity contribution in [2.75, 3.05) is 31.2 Å². The average Bonchev–Trinajstić information content (AvgIpc) is 3.80. The van der Waals surface area contributed by atoms with E-state index in [-0.39, 0.29) is 5.91 Å². The summed E-state index contributed by atoms with van der Waals surface area (Å²) in [5.74, 6) is 0.834. The molecular formula is C37H34N6O2S. The van der Waals surface area contributed by atoms with Crippen LogP contribution in [0.3, 0.4) is 0 Å². The number of para-hydroxylation sites is 2. The summed E-state index contributed by atoms with van der Waals surface area (Å²) in [6.07, 6.45) is 9.09. The lowest BCUT2D eigenvalue weighted by Crippen LogP contribution is -2.16. The second-order valence-electron chi connectivity index (χ2n) is 11.2. The Kier molecular flexibility index (Phi) is 8.00. The van der Waals surface area contributed by atoms with Gasteiger partial charge in [0.1, 0.15) is 17.3 Å². The summed E-state index contributed by atoms with van der Waals surface area (Å²) in [5, 5.41) is 11.8. The molecule has 0 aliphatic rings. The zero-order valence-corrected chi connectivity index (χ0v) is 26.4. The summed E-state index contributed by atoms with van der Waals surface area (Å²) < 4.78 is 8.69. The number of aryl methyl sites for hydroxylation is 1. The van der Waals surface area contributed by atoms with E-state index in [2.05, 4.69) is 62.5 Å². The molecule has 46 heavy (non-hydrogen) atoms. The zero-order valence-electron chi connectivity index (χ0n) is 25.6. The maximum Gasteiger partial charge on any atom is 0.272 e. The number of amides is 1. The second-order valence-corrected chi connectivity index (χ2v) is 12.1. The van der Waals surface area contributed by atoms with Crippen molar-refractivity contribution in [3.05, 3.63) is 113 Å². The molecule has 7 rings (SSSR count). The van der Waals surface area contributed by atoms with Gasteiger partial charge in [0.05, 0.1) is 12.8 Å². The number of carbonyl (C=O) groups excluding carboxylic acids is 1. The monoisotopic (exact) mass is 626 g/mol.